The molecule has 4 rings (SSSR count). The second kappa shape index (κ2) is 7.83. The van der Waals surface area contributed by atoms with Crippen LogP contribution in [0.3, 0.4) is 0 Å². The first kappa shape index (κ1) is 18.8. The maximum atomic E-state index is 12.4. The molecule has 0 atom stereocenters. The van der Waals surface area contributed by atoms with Gasteiger partial charge < -0.3 is 18.6 Å². The molecule has 29 heavy (non-hydrogen) atoms. The molecule has 4 aromatic rings. The minimum atomic E-state index is -0.373. The number of esters is 2. The summed E-state index contributed by atoms with van der Waals surface area (Å²) in [6.07, 6.45) is 3.98. The molecule has 148 valence electrons. The molecular weight excluding hydrogens is 368 g/mol. The van der Waals surface area contributed by atoms with E-state index in [1.54, 1.807) is 12.4 Å². The number of aryl methyl sites for hydroxylation is 2. The molecule has 0 N–H and O–H groups in total. The SMILES string of the molecule is Cn1cc(C(=O)OCCCOC(=O)c2cn(C)c3ccccc23)c2ccccc21. The van der Waals surface area contributed by atoms with Crippen molar-refractivity contribution in [3.63, 3.8) is 0 Å². The summed E-state index contributed by atoms with van der Waals surface area (Å²) in [4.78, 5) is 24.8. The Labute approximate surface area is 168 Å². The third-order valence-corrected chi connectivity index (χ3v) is 4.99. The summed E-state index contributed by atoms with van der Waals surface area (Å²) in [6.45, 7) is 0.371. The third kappa shape index (κ3) is 3.61. The fraction of sp³-hybridized carbons (Fsp3) is 0.217. The van der Waals surface area contributed by atoms with Crippen LogP contribution < -0.4 is 0 Å². The first-order valence-electron chi connectivity index (χ1n) is 9.48. The van der Waals surface area contributed by atoms with E-state index < -0.39 is 0 Å². The van der Waals surface area contributed by atoms with Crippen molar-refractivity contribution in [3.8, 4) is 0 Å². The first-order chi connectivity index (χ1) is 14.1. The summed E-state index contributed by atoms with van der Waals surface area (Å²) in [6, 6.07) is 15.4. The van der Waals surface area contributed by atoms with Gasteiger partial charge in [-0.2, -0.15) is 0 Å². The van der Waals surface area contributed by atoms with E-state index in [1.807, 2.05) is 71.8 Å². The molecule has 0 aliphatic heterocycles. The topological polar surface area (TPSA) is 62.5 Å². The van der Waals surface area contributed by atoms with Crippen LogP contribution in [-0.2, 0) is 23.6 Å². The monoisotopic (exact) mass is 390 g/mol. The molecule has 6 heteroatoms. The van der Waals surface area contributed by atoms with Gasteiger partial charge in [-0.3, -0.25) is 0 Å². The summed E-state index contributed by atoms with van der Waals surface area (Å²) in [5, 5.41) is 1.73. The van der Waals surface area contributed by atoms with E-state index in [0.717, 1.165) is 21.8 Å². The number of hydrogen-bond acceptors (Lipinski definition) is 4. The van der Waals surface area contributed by atoms with Crippen LogP contribution in [-0.4, -0.2) is 34.3 Å². The second-order valence-corrected chi connectivity index (χ2v) is 6.97. The van der Waals surface area contributed by atoms with Gasteiger partial charge in [0.15, 0.2) is 0 Å². The van der Waals surface area contributed by atoms with Crippen LogP contribution in [0.5, 0.6) is 0 Å². The molecule has 0 fully saturated rings. The molecule has 2 aromatic carbocycles. The number of carbonyl (C=O) groups is 2. The molecule has 0 saturated heterocycles. The van der Waals surface area contributed by atoms with Gasteiger partial charge in [0.2, 0.25) is 0 Å². The van der Waals surface area contributed by atoms with E-state index in [-0.39, 0.29) is 25.2 Å². The normalized spacial score (nSPS) is 11.1. The molecule has 0 spiro atoms. The zero-order chi connectivity index (χ0) is 20.4. The van der Waals surface area contributed by atoms with Crippen molar-refractivity contribution >= 4 is 33.7 Å². The smallest absolute Gasteiger partial charge is 0.340 e. The van der Waals surface area contributed by atoms with Crippen molar-refractivity contribution in [1.29, 1.82) is 0 Å². The summed E-state index contributed by atoms with van der Waals surface area (Å²) in [7, 11) is 3.79. The number of carbonyl (C=O) groups excluding carboxylic acids is 2. The van der Waals surface area contributed by atoms with Crippen molar-refractivity contribution < 1.29 is 19.1 Å². The van der Waals surface area contributed by atoms with Crippen molar-refractivity contribution in [2.45, 2.75) is 6.42 Å². The number of para-hydroxylation sites is 2. The Bertz CT molecular complexity index is 1110. The number of benzene rings is 2. The number of hydrogen-bond donors (Lipinski definition) is 0. The van der Waals surface area contributed by atoms with Crippen LogP contribution in [0.1, 0.15) is 27.1 Å². The van der Waals surface area contributed by atoms with Gasteiger partial charge in [0, 0.05) is 54.7 Å². The van der Waals surface area contributed by atoms with Gasteiger partial charge in [-0.25, -0.2) is 9.59 Å². The number of rotatable bonds is 6. The zero-order valence-electron chi connectivity index (χ0n) is 16.4. The molecule has 2 heterocycles. The van der Waals surface area contributed by atoms with Crippen molar-refractivity contribution in [2.24, 2.45) is 14.1 Å². The molecule has 0 radical (unpaired) electrons. The highest BCUT2D eigenvalue weighted by atomic mass is 16.5. The minimum Gasteiger partial charge on any atom is -0.462 e. The van der Waals surface area contributed by atoms with Crippen molar-refractivity contribution in [1.82, 2.24) is 9.13 Å². The molecule has 0 amide bonds. The lowest BCUT2D eigenvalue weighted by atomic mass is 10.2. The van der Waals surface area contributed by atoms with E-state index in [1.165, 1.54) is 0 Å². The fourth-order valence-electron chi connectivity index (χ4n) is 3.55. The average Bonchev–Trinajstić information content (AvgIpc) is 3.26. The van der Waals surface area contributed by atoms with Crippen molar-refractivity contribution in [3.05, 3.63) is 72.1 Å². The molecule has 0 saturated carbocycles. The van der Waals surface area contributed by atoms with Gasteiger partial charge in [0.1, 0.15) is 0 Å². The van der Waals surface area contributed by atoms with Gasteiger partial charge in [-0.05, 0) is 12.1 Å². The number of aromatic nitrogens is 2. The van der Waals surface area contributed by atoms with Gasteiger partial charge in [0.25, 0.3) is 0 Å². The van der Waals surface area contributed by atoms with Gasteiger partial charge in [-0.15, -0.1) is 0 Å². The molecule has 0 bridgehead atoms. The largest absolute Gasteiger partial charge is 0.462 e. The molecule has 6 nitrogen and oxygen atoms in total. The highest BCUT2D eigenvalue weighted by Crippen LogP contribution is 2.22. The maximum absolute atomic E-state index is 12.4. The van der Waals surface area contributed by atoms with Crippen LogP contribution >= 0.6 is 0 Å². The second-order valence-electron chi connectivity index (χ2n) is 6.97. The Morgan fingerprint density at radius 2 is 1.14 bits per heavy atom. The summed E-state index contributed by atoms with van der Waals surface area (Å²) >= 11 is 0. The van der Waals surface area contributed by atoms with Crippen LogP contribution in [0, 0.1) is 0 Å². The first-order valence-corrected chi connectivity index (χ1v) is 9.48. The zero-order valence-corrected chi connectivity index (χ0v) is 16.4. The molecule has 0 unspecified atom stereocenters. The summed E-state index contributed by atoms with van der Waals surface area (Å²) in [5.41, 5.74) is 3.03. The highest BCUT2D eigenvalue weighted by molar-refractivity contribution is 6.05. The molecular formula is C23H22N2O4. The number of nitrogens with zero attached hydrogens (tertiary/aromatic N) is 2. The summed E-state index contributed by atoms with van der Waals surface area (Å²) < 4.78 is 14.5. The van der Waals surface area contributed by atoms with E-state index in [2.05, 4.69) is 0 Å². The van der Waals surface area contributed by atoms with Gasteiger partial charge in [-0.1, -0.05) is 36.4 Å². The Kier molecular flexibility index (Phi) is 5.08. The lowest BCUT2D eigenvalue weighted by Crippen LogP contribution is -2.11. The predicted molar refractivity (Wildman–Crippen MR) is 111 cm³/mol. The quantitative estimate of drug-likeness (QED) is 0.368. The average molecular weight is 390 g/mol. The van der Waals surface area contributed by atoms with Gasteiger partial charge >= 0.3 is 11.9 Å². The predicted octanol–water partition coefficient (Wildman–Crippen LogP) is 4.07. The Hall–Kier alpha value is -3.54. The molecule has 0 aliphatic carbocycles. The van der Waals surface area contributed by atoms with Crippen molar-refractivity contribution in [2.75, 3.05) is 13.2 Å². The van der Waals surface area contributed by atoms with Crippen LogP contribution in [0.4, 0.5) is 0 Å². The third-order valence-electron chi connectivity index (χ3n) is 4.99. The molecule has 2 aromatic heterocycles. The van der Waals surface area contributed by atoms with Crippen LogP contribution in [0.25, 0.3) is 21.8 Å². The van der Waals surface area contributed by atoms with Gasteiger partial charge in [0.05, 0.1) is 24.3 Å². The van der Waals surface area contributed by atoms with E-state index in [4.69, 9.17) is 9.47 Å². The van der Waals surface area contributed by atoms with E-state index >= 15 is 0 Å². The minimum absolute atomic E-state index is 0.185. The Morgan fingerprint density at radius 3 is 1.59 bits per heavy atom. The van der Waals surface area contributed by atoms with Crippen LogP contribution in [0.2, 0.25) is 0 Å². The van der Waals surface area contributed by atoms with E-state index in [0.29, 0.717) is 17.5 Å². The van der Waals surface area contributed by atoms with Crippen LogP contribution in [0.15, 0.2) is 60.9 Å². The number of fused-ring (bicyclic) bond motifs is 2. The maximum Gasteiger partial charge on any atom is 0.340 e. The lowest BCUT2D eigenvalue weighted by Gasteiger charge is -2.06. The fourth-order valence-corrected chi connectivity index (χ4v) is 3.55. The summed E-state index contributed by atoms with van der Waals surface area (Å²) in [5.74, 6) is -0.746. The Balaban J connectivity index is 1.30. The standard InChI is InChI=1S/C23H22N2O4/c1-24-14-18(16-8-3-5-10-20(16)24)22(26)28-12-7-13-29-23(27)19-15-25(2)21-11-6-4-9-17(19)21/h3-6,8-11,14-15H,7,12-13H2,1-2H3. The highest BCUT2D eigenvalue weighted by Gasteiger charge is 2.16. The molecule has 0 aliphatic rings. The Morgan fingerprint density at radius 1 is 0.724 bits per heavy atom. The number of ether oxygens (including phenoxy) is 2. The lowest BCUT2D eigenvalue weighted by molar-refractivity contribution is 0.0398. The van der Waals surface area contributed by atoms with E-state index in [9.17, 15) is 9.59 Å².